The van der Waals surface area contributed by atoms with E-state index in [1.54, 1.807) is 12.5 Å². The molecule has 0 aliphatic rings. The summed E-state index contributed by atoms with van der Waals surface area (Å²) in [6.07, 6.45) is 4.27. The van der Waals surface area contributed by atoms with Gasteiger partial charge in [0.2, 0.25) is 0 Å². The number of furan rings is 1. The molecule has 0 atom stereocenters. The highest BCUT2D eigenvalue weighted by Gasteiger charge is 2.22. The first kappa shape index (κ1) is 9.94. The van der Waals surface area contributed by atoms with E-state index in [1.165, 1.54) is 0 Å². The number of halogens is 2. The van der Waals surface area contributed by atoms with E-state index < -0.39 is 0 Å². The van der Waals surface area contributed by atoms with Crippen LogP contribution in [0, 0.1) is 5.41 Å². The predicted molar refractivity (Wildman–Crippen MR) is 52.0 cm³/mol. The molecular weight excluding hydrogens is 195 g/mol. The molecule has 3 heteroatoms. The molecule has 0 fully saturated rings. The summed E-state index contributed by atoms with van der Waals surface area (Å²) in [5.74, 6) is 1.14. The van der Waals surface area contributed by atoms with Crippen LogP contribution in [-0.4, -0.2) is 11.8 Å². The fourth-order valence-electron chi connectivity index (χ4n) is 1.02. The second-order valence-corrected chi connectivity index (χ2v) is 3.92. The minimum Gasteiger partial charge on any atom is -0.472 e. The second-order valence-electron chi connectivity index (χ2n) is 3.39. The highest BCUT2D eigenvalue weighted by atomic mass is 35.5. The molecule has 68 valence electrons. The van der Waals surface area contributed by atoms with Gasteiger partial charge in [-0.15, -0.1) is 23.2 Å². The zero-order valence-electron chi connectivity index (χ0n) is 7.02. The van der Waals surface area contributed by atoms with Crippen LogP contribution in [0.15, 0.2) is 23.0 Å². The summed E-state index contributed by atoms with van der Waals surface area (Å²) in [6.45, 7) is 2.07. The van der Waals surface area contributed by atoms with Crippen molar-refractivity contribution in [2.45, 2.75) is 13.3 Å². The number of alkyl halides is 2. The Bertz CT molecular complexity index is 214. The molecule has 0 N–H and O–H groups in total. The van der Waals surface area contributed by atoms with E-state index in [4.69, 9.17) is 27.6 Å². The Kier molecular flexibility index (Phi) is 3.48. The van der Waals surface area contributed by atoms with Crippen molar-refractivity contribution in [1.29, 1.82) is 0 Å². The monoisotopic (exact) mass is 206 g/mol. The van der Waals surface area contributed by atoms with Gasteiger partial charge < -0.3 is 4.42 Å². The molecule has 0 saturated carbocycles. The van der Waals surface area contributed by atoms with Crippen molar-refractivity contribution >= 4 is 23.2 Å². The molecule has 0 unspecified atom stereocenters. The van der Waals surface area contributed by atoms with Gasteiger partial charge in [-0.3, -0.25) is 0 Å². The highest BCUT2D eigenvalue weighted by Crippen LogP contribution is 2.25. The summed E-state index contributed by atoms with van der Waals surface area (Å²) in [4.78, 5) is 0. The number of rotatable bonds is 4. The molecule has 0 radical (unpaired) electrons. The molecule has 1 aromatic heterocycles. The van der Waals surface area contributed by atoms with E-state index in [1.807, 2.05) is 6.07 Å². The SMILES string of the molecule is CC(CCl)(CCl)Cc1ccoc1. The molecule has 0 saturated heterocycles. The quantitative estimate of drug-likeness (QED) is 0.690. The van der Waals surface area contributed by atoms with Gasteiger partial charge in [-0.25, -0.2) is 0 Å². The fraction of sp³-hybridized carbons (Fsp3) is 0.556. The van der Waals surface area contributed by atoms with Gasteiger partial charge in [0.1, 0.15) is 0 Å². The molecule has 0 amide bonds. The first-order valence-electron chi connectivity index (χ1n) is 3.83. The van der Waals surface area contributed by atoms with Crippen LogP contribution in [0.1, 0.15) is 12.5 Å². The predicted octanol–water partition coefficient (Wildman–Crippen LogP) is 3.31. The summed E-state index contributed by atoms with van der Waals surface area (Å²) in [5.41, 5.74) is 1.13. The van der Waals surface area contributed by atoms with E-state index >= 15 is 0 Å². The molecule has 0 aromatic carbocycles. The van der Waals surface area contributed by atoms with Crippen molar-refractivity contribution in [2.24, 2.45) is 5.41 Å². The van der Waals surface area contributed by atoms with Crippen LogP contribution in [-0.2, 0) is 6.42 Å². The lowest BCUT2D eigenvalue weighted by atomic mass is 9.89. The molecule has 1 aromatic rings. The summed E-state index contributed by atoms with van der Waals surface area (Å²) in [6, 6.07) is 1.94. The standard InChI is InChI=1S/C9H12Cl2O/c1-9(6-10,7-11)4-8-2-3-12-5-8/h2-3,5H,4,6-7H2,1H3. The molecule has 0 aliphatic heterocycles. The van der Waals surface area contributed by atoms with E-state index in [-0.39, 0.29) is 5.41 Å². The van der Waals surface area contributed by atoms with Crippen molar-refractivity contribution in [3.05, 3.63) is 24.2 Å². The van der Waals surface area contributed by atoms with Gasteiger partial charge >= 0.3 is 0 Å². The Labute approximate surface area is 82.7 Å². The smallest absolute Gasteiger partial charge is 0.0934 e. The minimum atomic E-state index is -0.0208. The van der Waals surface area contributed by atoms with Crippen LogP contribution < -0.4 is 0 Å². The average Bonchev–Trinajstić information content (AvgIpc) is 2.57. The number of hydrogen-bond donors (Lipinski definition) is 0. The van der Waals surface area contributed by atoms with Crippen molar-refractivity contribution in [3.63, 3.8) is 0 Å². The molecular formula is C9H12Cl2O. The van der Waals surface area contributed by atoms with E-state index in [9.17, 15) is 0 Å². The largest absolute Gasteiger partial charge is 0.472 e. The topological polar surface area (TPSA) is 13.1 Å². The normalized spacial score (nSPS) is 11.9. The van der Waals surface area contributed by atoms with Gasteiger partial charge in [0, 0.05) is 11.8 Å². The van der Waals surface area contributed by atoms with Crippen molar-refractivity contribution < 1.29 is 4.42 Å². The summed E-state index contributed by atoms with van der Waals surface area (Å²) in [7, 11) is 0. The molecule has 1 rings (SSSR count). The maximum absolute atomic E-state index is 5.81. The third-order valence-electron chi connectivity index (χ3n) is 1.86. The average molecular weight is 207 g/mol. The van der Waals surface area contributed by atoms with E-state index in [2.05, 4.69) is 6.92 Å². The van der Waals surface area contributed by atoms with Crippen molar-refractivity contribution in [2.75, 3.05) is 11.8 Å². The molecule has 12 heavy (non-hydrogen) atoms. The zero-order chi connectivity index (χ0) is 9.03. The maximum Gasteiger partial charge on any atom is 0.0934 e. The van der Waals surface area contributed by atoms with E-state index in [0.717, 1.165) is 12.0 Å². The van der Waals surface area contributed by atoms with Gasteiger partial charge in [-0.1, -0.05) is 6.92 Å². The van der Waals surface area contributed by atoms with Crippen molar-refractivity contribution in [3.8, 4) is 0 Å². The third-order valence-corrected chi connectivity index (χ3v) is 3.15. The van der Waals surface area contributed by atoms with Crippen LogP contribution in [0.3, 0.4) is 0 Å². The number of hydrogen-bond acceptors (Lipinski definition) is 1. The molecule has 1 nitrogen and oxygen atoms in total. The lowest BCUT2D eigenvalue weighted by molar-refractivity contribution is 0.422. The molecule has 0 aliphatic carbocycles. The Hall–Kier alpha value is -0.140. The van der Waals surface area contributed by atoms with Gasteiger partial charge in [0.25, 0.3) is 0 Å². The molecule has 0 bridgehead atoms. The summed E-state index contributed by atoms with van der Waals surface area (Å²) >= 11 is 11.6. The Balaban J connectivity index is 2.60. The summed E-state index contributed by atoms with van der Waals surface area (Å²) < 4.78 is 4.96. The first-order chi connectivity index (χ1) is 5.70. The van der Waals surface area contributed by atoms with Crippen molar-refractivity contribution in [1.82, 2.24) is 0 Å². The third kappa shape index (κ3) is 2.43. The van der Waals surface area contributed by atoms with Crippen LogP contribution in [0.5, 0.6) is 0 Å². The lowest BCUT2D eigenvalue weighted by Crippen LogP contribution is -2.23. The first-order valence-corrected chi connectivity index (χ1v) is 4.90. The van der Waals surface area contributed by atoms with Crippen LogP contribution in [0.2, 0.25) is 0 Å². The Morgan fingerprint density at radius 1 is 1.42 bits per heavy atom. The van der Waals surface area contributed by atoms with Gasteiger partial charge in [0.15, 0.2) is 0 Å². The van der Waals surface area contributed by atoms with Crippen LogP contribution >= 0.6 is 23.2 Å². The van der Waals surface area contributed by atoms with Crippen LogP contribution in [0.4, 0.5) is 0 Å². The van der Waals surface area contributed by atoms with Gasteiger partial charge in [0.05, 0.1) is 12.5 Å². The minimum absolute atomic E-state index is 0.0208. The Morgan fingerprint density at radius 2 is 2.08 bits per heavy atom. The van der Waals surface area contributed by atoms with Crippen LogP contribution in [0.25, 0.3) is 0 Å². The fourth-order valence-corrected chi connectivity index (χ4v) is 1.49. The lowest BCUT2D eigenvalue weighted by Gasteiger charge is -2.22. The van der Waals surface area contributed by atoms with E-state index in [0.29, 0.717) is 11.8 Å². The second kappa shape index (κ2) is 4.20. The maximum atomic E-state index is 5.81. The molecule has 0 spiro atoms. The highest BCUT2D eigenvalue weighted by molar-refractivity contribution is 6.21. The molecule has 1 heterocycles. The van der Waals surface area contributed by atoms with Gasteiger partial charge in [-0.05, 0) is 23.5 Å². The zero-order valence-corrected chi connectivity index (χ0v) is 8.53. The van der Waals surface area contributed by atoms with Gasteiger partial charge in [-0.2, -0.15) is 0 Å². The summed E-state index contributed by atoms with van der Waals surface area (Å²) in [5, 5.41) is 0. The Morgan fingerprint density at radius 3 is 2.50 bits per heavy atom.